The predicted octanol–water partition coefficient (Wildman–Crippen LogP) is 3.45. The molecule has 2 N–H and O–H groups in total. The van der Waals surface area contributed by atoms with E-state index in [-0.39, 0.29) is 23.8 Å². The third-order valence-electron chi connectivity index (χ3n) is 6.68. The molecule has 0 radical (unpaired) electrons. The predicted molar refractivity (Wildman–Crippen MR) is 141 cm³/mol. The number of ether oxygens (including phenoxy) is 2. The molecule has 0 atom stereocenters. The second-order valence-corrected chi connectivity index (χ2v) is 9.36. The van der Waals surface area contributed by atoms with Crippen LogP contribution in [0.5, 0.6) is 0 Å². The number of hydrogen-bond donors (Lipinski definition) is 2. The molecule has 37 heavy (non-hydrogen) atoms. The van der Waals surface area contributed by atoms with Crippen LogP contribution in [0.2, 0.25) is 0 Å². The van der Waals surface area contributed by atoms with Crippen molar-refractivity contribution in [3.8, 4) is 0 Å². The number of anilines is 1. The molecule has 2 aliphatic heterocycles. The van der Waals surface area contributed by atoms with E-state index in [1.165, 1.54) is 5.56 Å². The van der Waals surface area contributed by atoms with Crippen LogP contribution >= 0.6 is 0 Å². The molecule has 1 fully saturated rings. The van der Waals surface area contributed by atoms with Gasteiger partial charge < -0.3 is 24.7 Å². The minimum absolute atomic E-state index is 0.0413. The van der Waals surface area contributed by atoms with Crippen LogP contribution < -0.4 is 5.32 Å². The minimum atomic E-state index is -0.719. The van der Waals surface area contributed by atoms with Gasteiger partial charge in [-0.15, -0.1) is 0 Å². The number of piperazine rings is 1. The van der Waals surface area contributed by atoms with Crippen LogP contribution in [0, 0.1) is 6.92 Å². The monoisotopic (exact) mass is 501 g/mol. The van der Waals surface area contributed by atoms with E-state index < -0.39 is 11.8 Å². The van der Waals surface area contributed by atoms with Gasteiger partial charge in [0.1, 0.15) is 5.65 Å². The Bertz CT molecular complexity index is 1400. The lowest BCUT2D eigenvalue weighted by atomic mass is 10.1. The van der Waals surface area contributed by atoms with Crippen LogP contribution in [0.1, 0.15) is 23.6 Å². The Kier molecular flexibility index (Phi) is 7.07. The van der Waals surface area contributed by atoms with Gasteiger partial charge in [0.2, 0.25) is 11.7 Å². The first kappa shape index (κ1) is 24.7. The number of likely N-dealkylation sites (N-methyl/N-ethyl adjacent to an activating group) is 1. The first-order valence-electron chi connectivity index (χ1n) is 12.5. The lowest BCUT2D eigenvalue weighted by molar-refractivity contribution is -0.139. The van der Waals surface area contributed by atoms with Crippen molar-refractivity contribution >= 4 is 34.5 Å². The van der Waals surface area contributed by atoms with Crippen molar-refractivity contribution in [2.24, 2.45) is 0 Å². The highest BCUT2D eigenvalue weighted by Crippen LogP contribution is 2.31. The topological polar surface area (TPSA) is 99.8 Å². The van der Waals surface area contributed by atoms with Crippen molar-refractivity contribution in [2.45, 2.75) is 20.4 Å². The molecule has 9 heteroatoms. The number of allylic oxidation sites excluding steroid dienone is 1. The molecule has 0 unspecified atom stereocenters. The largest absolute Gasteiger partial charge is 0.462 e. The molecule has 4 heterocycles. The Morgan fingerprint density at radius 2 is 2.05 bits per heavy atom. The maximum Gasteiger partial charge on any atom is 0.347 e. The van der Waals surface area contributed by atoms with E-state index in [1.54, 1.807) is 25.4 Å². The number of nitrogens with zero attached hydrogens (tertiary/aromatic N) is 3. The van der Waals surface area contributed by atoms with E-state index >= 15 is 0 Å². The zero-order valence-electron chi connectivity index (χ0n) is 21.3. The number of carbonyl (C=O) groups excluding carboxylic acids is 2. The quantitative estimate of drug-likeness (QED) is 0.289. The van der Waals surface area contributed by atoms with Gasteiger partial charge in [0.15, 0.2) is 11.3 Å². The molecule has 2 aliphatic rings. The van der Waals surface area contributed by atoms with Crippen LogP contribution in [0.4, 0.5) is 5.69 Å². The highest BCUT2D eigenvalue weighted by molar-refractivity contribution is 6.26. The normalized spacial score (nSPS) is 18.0. The third-order valence-corrected chi connectivity index (χ3v) is 6.68. The SMILES string of the molecule is CCOC(=O)C1=C(Nc2ccc(CN3CCN(C)CC3)cc2C)O/C(=C\c2c[nH]c3ncccc23)C1=O. The number of pyridine rings is 1. The number of nitrogens with one attached hydrogen (secondary N) is 2. The summed E-state index contributed by atoms with van der Waals surface area (Å²) in [6, 6.07) is 9.86. The van der Waals surface area contributed by atoms with Gasteiger partial charge in [-0.05, 0) is 56.3 Å². The lowest BCUT2D eigenvalue weighted by Crippen LogP contribution is -2.43. The summed E-state index contributed by atoms with van der Waals surface area (Å²) in [7, 11) is 2.15. The number of aromatic nitrogens is 2. The maximum atomic E-state index is 13.2. The highest BCUT2D eigenvalue weighted by atomic mass is 16.5. The van der Waals surface area contributed by atoms with E-state index in [2.05, 4.69) is 44.3 Å². The molecule has 0 saturated carbocycles. The fourth-order valence-corrected chi connectivity index (χ4v) is 4.59. The number of rotatable bonds is 7. The van der Waals surface area contributed by atoms with Crippen molar-refractivity contribution in [1.29, 1.82) is 0 Å². The summed E-state index contributed by atoms with van der Waals surface area (Å²) in [6.07, 6.45) is 5.05. The summed E-state index contributed by atoms with van der Waals surface area (Å²) in [5.41, 5.74) is 4.24. The lowest BCUT2D eigenvalue weighted by Gasteiger charge is -2.32. The Hall–Kier alpha value is -3.95. The Morgan fingerprint density at radius 3 is 2.81 bits per heavy atom. The van der Waals surface area contributed by atoms with Crippen molar-refractivity contribution in [3.63, 3.8) is 0 Å². The number of aryl methyl sites for hydroxylation is 1. The molecule has 192 valence electrons. The fraction of sp³-hybridized carbons (Fsp3) is 0.321. The number of fused-ring (bicyclic) bond motifs is 1. The molecule has 0 aliphatic carbocycles. The number of Topliss-reactive ketones (excluding diaryl/α,β-unsaturated/α-hetero) is 1. The van der Waals surface area contributed by atoms with Gasteiger partial charge in [-0.3, -0.25) is 9.69 Å². The third kappa shape index (κ3) is 5.28. The smallest absolute Gasteiger partial charge is 0.347 e. The Morgan fingerprint density at radius 1 is 1.24 bits per heavy atom. The molecule has 0 spiro atoms. The fourth-order valence-electron chi connectivity index (χ4n) is 4.59. The van der Waals surface area contributed by atoms with Crippen LogP contribution in [0.3, 0.4) is 0 Å². The first-order chi connectivity index (χ1) is 17.9. The molecule has 1 saturated heterocycles. The summed E-state index contributed by atoms with van der Waals surface area (Å²) in [5, 5.41) is 4.01. The van der Waals surface area contributed by atoms with Gasteiger partial charge in [-0.1, -0.05) is 12.1 Å². The number of carbonyl (C=O) groups is 2. The van der Waals surface area contributed by atoms with Gasteiger partial charge in [-0.2, -0.15) is 0 Å². The average molecular weight is 502 g/mol. The molecule has 2 aromatic heterocycles. The molecule has 3 aromatic rings. The molecule has 0 bridgehead atoms. The number of benzene rings is 1. The highest BCUT2D eigenvalue weighted by Gasteiger charge is 2.37. The Labute approximate surface area is 215 Å². The van der Waals surface area contributed by atoms with E-state index in [4.69, 9.17) is 9.47 Å². The number of ketones is 1. The summed E-state index contributed by atoms with van der Waals surface area (Å²) >= 11 is 0. The molecular formula is C28H31N5O4. The van der Waals surface area contributed by atoms with Crippen molar-refractivity contribution in [3.05, 3.63) is 76.6 Å². The second-order valence-electron chi connectivity index (χ2n) is 9.36. The molecule has 9 nitrogen and oxygen atoms in total. The van der Waals surface area contributed by atoms with Crippen LogP contribution in [0.25, 0.3) is 17.1 Å². The maximum absolute atomic E-state index is 13.2. The van der Waals surface area contributed by atoms with E-state index in [1.807, 2.05) is 25.1 Å². The van der Waals surface area contributed by atoms with Crippen molar-refractivity contribution in [2.75, 3.05) is 45.2 Å². The van der Waals surface area contributed by atoms with Crippen molar-refractivity contribution in [1.82, 2.24) is 19.8 Å². The van der Waals surface area contributed by atoms with Crippen LogP contribution in [-0.4, -0.2) is 71.4 Å². The van der Waals surface area contributed by atoms with E-state index in [0.29, 0.717) is 5.65 Å². The zero-order valence-corrected chi connectivity index (χ0v) is 21.3. The van der Waals surface area contributed by atoms with Gasteiger partial charge in [-0.25, -0.2) is 9.78 Å². The average Bonchev–Trinajstić information content (AvgIpc) is 3.43. The number of H-pyrrole nitrogens is 1. The summed E-state index contributed by atoms with van der Waals surface area (Å²) in [6.45, 7) is 8.95. The molecule has 1 aromatic carbocycles. The van der Waals surface area contributed by atoms with Crippen LogP contribution in [-0.2, 0) is 25.6 Å². The number of aromatic amines is 1. The summed E-state index contributed by atoms with van der Waals surface area (Å²) in [4.78, 5) is 38.1. The van der Waals surface area contributed by atoms with Gasteiger partial charge in [0.05, 0.1) is 6.61 Å². The molecule has 5 rings (SSSR count). The van der Waals surface area contributed by atoms with Gasteiger partial charge in [0.25, 0.3) is 0 Å². The second kappa shape index (κ2) is 10.6. The molecule has 0 amide bonds. The summed E-state index contributed by atoms with van der Waals surface area (Å²) in [5.74, 6) is -1.13. The zero-order chi connectivity index (χ0) is 25.9. The van der Waals surface area contributed by atoms with Gasteiger partial charge >= 0.3 is 5.97 Å². The van der Waals surface area contributed by atoms with Crippen LogP contribution in [0.15, 0.2) is 59.9 Å². The minimum Gasteiger partial charge on any atom is -0.462 e. The van der Waals surface area contributed by atoms with Crippen molar-refractivity contribution < 1.29 is 19.1 Å². The first-order valence-corrected chi connectivity index (χ1v) is 12.5. The number of hydrogen-bond acceptors (Lipinski definition) is 8. The van der Waals surface area contributed by atoms with Gasteiger partial charge in [0, 0.05) is 61.8 Å². The number of esters is 1. The Balaban J connectivity index is 1.38. The standard InChI is InChI=1S/C28H31N5O4/c1-4-36-28(35)24-25(34)23(15-20-16-30-26-21(20)6-5-9-29-26)37-27(24)31-22-8-7-19(14-18(22)2)17-33-12-10-32(3)11-13-33/h5-9,14-16,31H,4,10-13,17H2,1-3H3,(H,29,30)/b23-15-. The summed E-state index contributed by atoms with van der Waals surface area (Å²) < 4.78 is 11.1. The molecular weight excluding hydrogens is 470 g/mol. The van der Waals surface area contributed by atoms with E-state index in [9.17, 15) is 9.59 Å². The van der Waals surface area contributed by atoms with E-state index in [0.717, 1.165) is 54.9 Å².